The van der Waals surface area contributed by atoms with E-state index in [1.807, 2.05) is 26.0 Å². The van der Waals surface area contributed by atoms with E-state index in [0.717, 1.165) is 12.0 Å². The van der Waals surface area contributed by atoms with Crippen LogP contribution in [-0.2, 0) is 0 Å². The highest BCUT2D eigenvalue weighted by Gasteiger charge is 2.08. The number of allylic oxidation sites excluding steroid dienone is 4. The van der Waals surface area contributed by atoms with Gasteiger partial charge in [0.25, 0.3) is 0 Å². The third-order valence-electron chi connectivity index (χ3n) is 3.40. The molecule has 0 fully saturated rings. The number of hydrogen-bond acceptors (Lipinski definition) is 1. The molecule has 1 unspecified atom stereocenters. The van der Waals surface area contributed by atoms with Crippen molar-refractivity contribution in [2.75, 3.05) is 0 Å². The van der Waals surface area contributed by atoms with Gasteiger partial charge in [0.15, 0.2) is 0 Å². The predicted molar refractivity (Wildman–Crippen MR) is 93.5 cm³/mol. The van der Waals surface area contributed by atoms with Crippen LogP contribution >= 0.6 is 0 Å². The second-order valence-electron chi connectivity index (χ2n) is 5.76. The van der Waals surface area contributed by atoms with E-state index in [-0.39, 0.29) is 11.8 Å². The lowest BCUT2D eigenvalue weighted by Gasteiger charge is -2.11. The molecule has 2 heteroatoms. The molecular formula is C19H26N2. The van der Waals surface area contributed by atoms with Crippen molar-refractivity contribution in [3.8, 4) is 0 Å². The quantitative estimate of drug-likeness (QED) is 0.595. The van der Waals surface area contributed by atoms with Gasteiger partial charge in [-0.15, -0.1) is 0 Å². The molecule has 0 aromatic heterocycles. The first-order valence-corrected chi connectivity index (χ1v) is 7.22. The first-order valence-electron chi connectivity index (χ1n) is 7.22. The van der Waals surface area contributed by atoms with Gasteiger partial charge in [0.2, 0.25) is 0 Å². The molecule has 0 saturated heterocycles. The molecule has 112 valence electrons. The number of aryl methyl sites for hydroxylation is 2. The number of amidine groups is 1. The largest absolute Gasteiger partial charge is 0.387 e. The van der Waals surface area contributed by atoms with Crippen LogP contribution in [0.4, 0.5) is 0 Å². The Labute approximate surface area is 128 Å². The Morgan fingerprint density at radius 2 is 1.76 bits per heavy atom. The molecule has 1 aliphatic carbocycles. The van der Waals surface area contributed by atoms with Gasteiger partial charge < -0.3 is 5.73 Å². The molecule has 1 aromatic rings. The van der Waals surface area contributed by atoms with Crippen molar-refractivity contribution in [2.24, 2.45) is 11.7 Å². The topological polar surface area (TPSA) is 49.9 Å². The standard InChI is InChI=1S/C11H14.C8H12N2/c1-8(2)11-6-9(3)5-10(4)7-11;1-6-2-4-7(5-3-6)8(9)10/h5-7H,1H2,2-4H3;2-4,7H,5H2,1H3,(H3,9,10). The first-order chi connectivity index (χ1) is 9.79. The van der Waals surface area contributed by atoms with Crippen molar-refractivity contribution >= 4 is 11.4 Å². The summed E-state index contributed by atoms with van der Waals surface area (Å²) in [6.07, 6.45) is 6.98. The average Bonchev–Trinajstić information content (AvgIpc) is 2.38. The highest BCUT2D eigenvalue weighted by atomic mass is 14.7. The summed E-state index contributed by atoms with van der Waals surface area (Å²) in [6.45, 7) is 12.2. The van der Waals surface area contributed by atoms with Crippen LogP contribution in [0.2, 0.25) is 0 Å². The van der Waals surface area contributed by atoms with Gasteiger partial charge in [0.1, 0.15) is 0 Å². The molecule has 0 amide bonds. The lowest BCUT2D eigenvalue weighted by molar-refractivity contribution is 0.843. The number of benzene rings is 1. The molecule has 0 radical (unpaired) electrons. The maximum Gasteiger partial charge on any atom is 0.0978 e. The summed E-state index contributed by atoms with van der Waals surface area (Å²) in [5.74, 6) is 0.406. The van der Waals surface area contributed by atoms with E-state index < -0.39 is 0 Å². The van der Waals surface area contributed by atoms with Gasteiger partial charge in [0, 0.05) is 5.92 Å². The molecule has 0 bridgehead atoms. The van der Waals surface area contributed by atoms with E-state index in [9.17, 15) is 0 Å². The third kappa shape index (κ3) is 5.82. The van der Waals surface area contributed by atoms with E-state index in [0.29, 0.717) is 0 Å². The summed E-state index contributed by atoms with van der Waals surface area (Å²) < 4.78 is 0. The highest BCUT2D eigenvalue weighted by Crippen LogP contribution is 2.15. The molecule has 0 heterocycles. The average molecular weight is 282 g/mol. The van der Waals surface area contributed by atoms with Crippen LogP contribution in [-0.4, -0.2) is 5.84 Å². The van der Waals surface area contributed by atoms with E-state index in [2.05, 4.69) is 44.7 Å². The van der Waals surface area contributed by atoms with Crippen LogP contribution in [0, 0.1) is 25.2 Å². The van der Waals surface area contributed by atoms with Crippen LogP contribution in [0.5, 0.6) is 0 Å². The molecular weight excluding hydrogens is 256 g/mol. The molecule has 2 nitrogen and oxygen atoms in total. The second-order valence-corrected chi connectivity index (χ2v) is 5.76. The van der Waals surface area contributed by atoms with Crippen molar-refractivity contribution in [1.82, 2.24) is 0 Å². The van der Waals surface area contributed by atoms with Gasteiger partial charge in [-0.3, -0.25) is 5.41 Å². The molecule has 3 N–H and O–H groups in total. The summed E-state index contributed by atoms with van der Waals surface area (Å²) in [5, 5.41) is 7.15. The fourth-order valence-corrected chi connectivity index (χ4v) is 2.18. The highest BCUT2D eigenvalue weighted by molar-refractivity contribution is 5.81. The van der Waals surface area contributed by atoms with Crippen LogP contribution in [0.25, 0.3) is 5.57 Å². The Bertz CT molecular complexity index is 571. The van der Waals surface area contributed by atoms with E-state index >= 15 is 0 Å². The maximum absolute atomic E-state index is 7.15. The lowest BCUT2D eigenvalue weighted by atomic mass is 9.97. The predicted octanol–water partition coefficient (Wildman–Crippen LogP) is 4.78. The second kappa shape index (κ2) is 7.63. The van der Waals surface area contributed by atoms with Crippen LogP contribution in [0.3, 0.4) is 0 Å². The fraction of sp³-hybridized carbons (Fsp3) is 0.316. The molecule has 21 heavy (non-hydrogen) atoms. The van der Waals surface area contributed by atoms with Crippen molar-refractivity contribution in [3.05, 3.63) is 65.3 Å². The Kier molecular flexibility index (Phi) is 6.16. The van der Waals surface area contributed by atoms with E-state index in [1.54, 1.807) is 0 Å². The monoisotopic (exact) mass is 282 g/mol. The third-order valence-corrected chi connectivity index (χ3v) is 3.40. The molecule has 1 aliphatic rings. The van der Waals surface area contributed by atoms with Gasteiger partial charge in [-0.25, -0.2) is 0 Å². The van der Waals surface area contributed by atoms with Gasteiger partial charge in [-0.2, -0.15) is 0 Å². The Balaban J connectivity index is 0.000000211. The Morgan fingerprint density at radius 3 is 2.14 bits per heavy atom. The van der Waals surface area contributed by atoms with Crippen LogP contribution < -0.4 is 5.73 Å². The smallest absolute Gasteiger partial charge is 0.0978 e. The summed E-state index contributed by atoms with van der Waals surface area (Å²) in [4.78, 5) is 0. The zero-order valence-electron chi connectivity index (χ0n) is 13.5. The van der Waals surface area contributed by atoms with Crippen LogP contribution in [0.1, 0.15) is 37.0 Å². The number of nitrogens with two attached hydrogens (primary N) is 1. The van der Waals surface area contributed by atoms with Crippen LogP contribution in [0.15, 0.2) is 48.6 Å². The normalized spacial score (nSPS) is 16.6. The number of rotatable bonds is 2. The zero-order chi connectivity index (χ0) is 16.0. The summed E-state index contributed by atoms with van der Waals surface area (Å²) in [5.41, 5.74) is 11.6. The Morgan fingerprint density at radius 1 is 1.19 bits per heavy atom. The van der Waals surface area contributed by atoms with Gasteiger partial charge in [-0.05, 0) is 39.7 Å². The number of hydrogen-bond donors (Lipinski definition) is 2. The molecule has 0 spiro atoms. The minimum absolute atomic E-state index is 0.142. The lowest BCUT2D eigenvalue weighted by Crippen LogP contribution is -2.21. The van der Waals surface area contributed by atoms with E-state index in [1.165, 1.54) is 22.3 Å². The van der Waals surface area contributed by atoms with Gasteiger partial charge in [-0.1, -0.05) is 65.3 Å². The molecule has 2 rings (SSSR count). The maximum atomic E-state index is 7.15. The molecule has 0 aliphatic heterocycles. The van der Waals surface area contributed by atoms with Crippen molar-refractivity contribution < 1.29 is 0 Å². The summed E-state index contributed by atoms with van der Waals surface area (Å²) in [7, 11) is 0. The summed E-state index contributed by atoms with van der Waals surface area (Å²) in [6, 6.07) is 6.50. The van der Waals surface area contributed by atoms with Crippen molar-refractivity contribution in [3.63, 3.8) is 0 Å². The molecule has 1 aromatic carbocycles. The molecule has 0 saturated carbocycles. The first kappa shape index (κ1) is 17.0. The number of nitrogens with one attached hydrogen (secondary N) is 1. The zero-order valence-corrected chi connectivity index (χ0v) is 13.5. The van der Waals surface area contributed by atoms with Crippen molar-refractivity contribution in [1.29, 1.82) is 5.41 Å². The minimum atomic E-state index is 0.142. The van der Waals surface area contributed by atoms with Gasteiger partial charge >= 0.3 is 0 Å². The Hall–Kier alpha value is -2.09. The minimum Gasteiger partial charge on any atom is -0.387 e. The SMILES string of the molecule is C=C(C)c1cc(C)cc(C)c1.CC1=CCC(C(=N)N)C=C1. The van der Waals surface area contributed by atoms with Crippen molar-refractivity contribution in [2.45, 2.75) is 34.1 Å². The van der Waals surface area contributed by atoms with E-state index in [4.69, 9.17) is 11.1 Å². The molecule has 1 atom stereocenters. The summed E-state index contributed by atoms with van der Waals surface area (Å²) >= 11 is 0. The van der Waals surface area contributed by atoms with Gasteiger partial charge in [0.05, 0.1) is 5.84 Å². The fourth-order valence-electron chi connectivity index (χ4n) is 2.18.